The summed E-state index contributed by atoms with van der Waals surface area (Å²) < 4.78 is 6.19. The number of hydrogen-bond acceptors (Lipinski definition) is 4. The molecule has 0 radical (unpaired) electrons. The minimum absolute atomic E-state index is 0.203. The van der Waals surface area contributed by atoms with E-state index in [0.29, 0.717) is 24.8 Å². The van der Waals surface area contributed by atoms with Gasteiger partial charge in [0.1, 0.15) is 0 Å². The van der Waals surface area contributed by atoms with E-state index in [0.717, 1.165) is 47.5 Å². The van der Waals surface area contributed by atoms with Crippen molar-refractivity contribution >= 4 is 33.2 Å². The van der Waals surface area contributed by atoms with Crippen LogP contribution in [0.4, 0.5) is 11.4 Å². The van der Waals surface area contributed by atoms with Gasteiger partial charge >= 0.3 is 0 Å². The minimum atomic E-state index is -0.203. The molecule has 4 rings (SSSR count). The first kappa shape index (κ1) is 15.7. The predicted molar refractivity (Wildman–Crippen MR) is 95.7 cm³/mol. The van der Waals surface area contributed by atoms with Crippen LogP contribution >= 0.6 is 15.9 Å². The number of carbonyl (C=O) groups excluding carboxylic acids is 1. The Kier molecular flexibility index (Phi) is 4.28. The van der Waals surface area contributed by atoms with Gasteiger partial charge in [-0.1, -0.05) is 12.1 Å². The molecule has 0 bridgehead atoms. The molecule has 6 nitrogen and oxygen atoms in total. The highest BCUT2D eigenvalue weighted by Crippen LogP contribution is 2.43. The van der Waals surface area contributed by atoms with Crippen LogP contribution in [0.2, 0.25) is 0 Å². The number of morpholine rings is 1. The lowest BCUT2D eigenvalue weighted by Crippen LogP contribution is -2.36. The fourth-order valence-electron chi connectivity index (χ4n) is 2.98. The Balaban J connectivity index is 1.55. The molecule has 2 heterocycles. The number of amides is 1. The molecule has 2 aromatic rings. The zero-order chi connectivity index (χ0) is 16.5. The molecule has 1 saturated carbocycles. The fraction of sp³-hybridized carbons (Fsp3) is 0.412. The van der Waals surface area contributed by atoms with Crippen LogP contribution < -0.4 is 10.2 Å². The summed E-state index contributed by atoms with van der Waals surface area (Å²) in [7, 11) is 0. The van der Waals surface area contributed by atoms with Gasteiger partial charge in [0.05, 0.1) is 34.8 Å². The van der Waals surface area contributed by atoms with Crippen molar-refractivity contribution < 1.29 is 9.53 Å². The second-order valence-electron chi connectivity index (χ2n) is 6.14. The van der Waals surface area contributed by atoms with Crippen molar-refractivity contribution in [1.29, 1.82) is 0 Å². The first-order chi connectivity index (χ1) is 11.7. The molecule has 1 saturated heterocycles. The van der Waals surface area contributed by atoms with Crippen LogP contribution in [0.3, 0.4) is 0 Å². The van der Waals surface area contributed by atoms with Crippen LogP contribution in [0.15, 0.2) is 28.7 Å². The van der Waals surface area contributed by atoms with Gasteiger partial charge in [-0.2, -0.15) is 5.10 Å². The Morgan fingerprint density at radius 1 is 1.29 bits per heavy atom. The van der Waals surface area contributed by atoms with E-state index in [1.165, 1.54) is 0 Å². The number of rotatable bonds is 4. The number of H-pyrrole nitrogens is 1. The number of hydrogen-bond donors (Lipinski definition) is 2. The topological polar surface area (TPSA) is 70.2 Å². The SMILES string of the molecule is O=C(Nc1ccccc1N1CCOCC1)c1n[nH]c(C2CC2)c1Br. The summed E-state index contributed by atoms with van der Waals surface area (Å²) >= 11 is 3.52. The number of ether oxygens (including phenoxy) is 1. The van der Waals surface area contributed by atoms with E-state index in [4.69, 9.17) is 4.74 Å². The van der Waals surface area contributed by atoms with Crippen molar-refractivity contribution in [2.75, 3.05) is 36.5 Å². The Labute approximate surface area is 148 Å². The third kappa shape index (κ3) is 3.06. The summed E-state index contributed by atoms with van der Waals surface area (Å²) in [5, 5.41) is 10.2. The maximum Gasteiger partial charge on any atom is 0.277 e. The molecule has 0 atom stereocenters. The molecule has 2 aliphatic rings. The molecule has 1 aliphatic carbocycles. The van der Waals surface area contributed by atoms with Crippen LogP contribution in [-0.4, -0.2) is 42.4 Å². The Hall–Kier alpha value is -1.86. The third-order valence-electron chi connectivity index (χ3n) is 4.44. The van der Waals surface area contributed by atoms with Crippen LogP contribution in [-0.2, 0) is 4.74 Å². The van der Waals surface area contributed by atoms with Crippen molar-refractivity contribution in [3.8, 4) is 0 Å². The number of para-hydroxylation sites is 2. The second kappa shape index (κ2) is 6.57. The van der Waals surface area contributed by atoms with E-state index < -0.39 is 0 Å². The number of benzene rings is 1. The summed E-state index contributed by atoms with van der Waals surface area (Å²) in [4.78, 5) is 14.9. The summed E-state index contributed by atoms with van der Waals surface area (Å²) in [6, 6.07) is 7.85. The van der Waals surface area contributed by atoms with Crippen molar-refractivity contribution in [3.63, 3.8) is 0 Å². The van der Waals surface area contributed by atoms with Gasteiger partial charge in [-0.25, -0.2) is 0 Å². The molecule has 1 aromatic carbocycles. The van der Waals surface area contributed by atoms with Crippen molar-refractivity contribution in [3.05, 3.63) is 40.1 Å². The van der Waals surface area contributed by atoms with Crippen LogP contribution in [0.1, 0.15) is 34.9 Å². The van der Waals surface area contributed by atoms with Gasteiger partial charge in [0.25, 0.3) is 5.91 Å². The van der Waals surface area contributed by atoms with Crippen molar-refractivity contribution in [2.24, 2.45) is 0 Å². The van der Waals surface area contributed by atoms with E-state index >= 15 is 0 Å². The van der Waals surface area contributed by atoms with Crippen LogP contribution in [0.25, 0.3) is 0 Å². The molecule has 0 spiro atoms. The summed E-state index contributed by atoms with van der Waals surface area (Å²) in [6.07, 6.45) is 2.31. The predicted octanol–water partition coefficient (Wildman–Crippen LogP) is 3.14. The highest BCUT2D eigenvalue weighted by molar-refractivity contribution is 9.10. The number of aromatic amines is 1. The van der Waals surface area contributed by atoms with Gasteiger partial charge in [-0.3, -0.25) is 9.89 Å². The van der Waals surface area contributed by atoms with Gasteiger partial charge in [-0.15, -0.1) is 0 Å². The largest absolute Gasteiger partial charge is 0.378 e. The third-order valence-corrected chi connectivity index (χ3v) is 5.24. The highest BCUT2D eigenvalue weighted by atomic mass is 79.9. The number of nitrogens with one attached hydrogen (secondary N) is 2. The normalized spacial score (nSPS) is 17.8. The molecular formula is C17H19BrN4O2. The van der Waals surface area contributed by atoms with Crippen LogP contribution in [0.5, 0.6) is 0 Å². The number of halogens is 1. The maximum atomic E-state index is 12.7. The zero-order valence-electron chi connectivity index (χ0n) is 13.2. The molecule has 126 valence electrons. The molecule has 7 heteroatoms. The first-order valence-electron chi connectivity index (χ1n) is 8.21. The maximum absolute atomic E-state index is 12.7. The number of nitrogens with zero attached hydrogens (tertiary/aromatic N) is 2. The van der Waals surface area contributed by atoms with Gasteiger partial charge in [-0.05, 0) is 40.9 Å². The monoisotopic (exact) mass is 390 g/mol. The van der Waals surface area contributed by atoms with E-state index in [2.05, 4.69) is 36.3 Å². The first-order valence-corrected chi connectivity index (χ1v) is 9.00. The van der Waals surface area contributed by atoms with E-state index in [-0.39, 0.29) is 5.91 Å². The lowest BCUT2D eigenvalue weighted by atomic mass is 10.2. The quantitative estimate of drug-likeness (QED) is 0.840. The fourth-order valence-corrected chi connectivity index (χ4v) is 3.66. The summed E-state index contributed by atoms with van der Waals surface area (Å²) in [6.45, 7) is 3.06. The van der Waals surface area contributed by atoms with E-state index in [1.807, 2.05) is 24.3 Å². The minimum Gasteiger partial charge on any atom is -0.378 e. The van der Waals surface area contributed by atoms with Crippen molar-refractivity contribution in [2.45, 2.75) is 18.8 Å². The molecule has 1 amide bonds. The molecule has 24 heavy (non-hydrogen) atoms. The molecular weight excluding hydrogens is 372 g/mol. The van der Waals surface area contributed by atoms with Crippen molar-refractivity contribution in [1.82, 2.24) is 10.2 Å². The van der Waals surface area contributed by atoms with E-state index in [9.17, 15) is 4.79 Å². The Morgan fingerprint density at radius 3 is 2.79 bits per heavy atom. The Morgan fingerprint density at radius 2 is 2.04 bits per heavy atom. The molecule has 0 unspecified atom stereocenters. The average Bonchev–Trinajstić information content (AvgIpc) is 3.38. The van der Waals surface area contributed by atoms with Gasteiger partial charge < -0.3 is 15.0 Å². The molecule has 1 aromatic heterocycles. The van der Waals surface area contributed by atoms with Crippen LogP contribution in [0, 0.1) is 0 Å². The number of aromatic nitrogens is 2. The van der Waals surface area contributed by atoms with Gasteiger partial charge in [0.15, 0.2) is 5.69 Å². The second-order valence-corrected chi connectivity index (χ2v) is 6.94. The average molecular weight is 391 g/mol. The summed E-state index contributed by atoms with van der Waals surface area (Å²) in [5.74, 6) is 0.305. The number of carbonyl (C=O) groups is 1. The molecule has 1 aliphatic heterocycles. The Bertz CT molecular complexity index is 751. The smallest absolute Gasteiger partial charge is 0.277 e. The number of anilines is 2. The lowest BCUT2D eigenvalue weighted by molar-refractivity contribution is 0.102. The molecule has 2 fully saturated rings. The lowest BCUT2D eigenvalue weighted by Gasteiger charge is -2.30. The van der Waals surface area contributed by atoms with E-state index in [1.54, 1.807) is 0 Å². The standard InChI is InChI=1S/C17H19BrN4O2/c18-14-15(11-5-6-11)20-21-16(14)17(23)19-12-3-1-2-4-13(12)22-7-9-24-10-8-22/h1-4,11H,5-10H2,(H,19,23)(H,20,21). The summed E-state index contributed by atoms with van der Waals surface area (Å²) in [5.41, 5.74) is 3.26. The molecule has 2 N–H and O–H groups in total. The van der Waals surface area contributed by atoms with Gasteiger partial charge in [0.2, 0.25) is 0 Å². The highest BCUT2D eigenvalue weighted by Gasteiger charge is 2.30. The van der Waals surface area contributed by atoms with Gasteiger partial charge in [0, 0.05) is 19.0 Å². The zero-order valence-corrected chi connectivity index (χ0v) is 14.8.